The molecular formula is C24H25NO4S. The number of hydrogen-bond acceptors (Lipinski definition) is 5. The molecule has 6 heteroatoms. The van der Waals surface area contributed by atoms with Gasteiger partial charge in [-0.1, -0.05) is 18.2 Å². The van der Waals surface area contributed by atoms with E-state index in [1.54, 1.807) is 25.6 Å². The molecule has 0 radical (unpaired) electrons. The minimum absolute atomic E-state index is 0.0141. The first kappa shape index (κ1) is 20.3. The van der Waals surface area contributed by atoms with Crippen LogP contribution in [-0.4, -0.2) is 44.2 Å². The molecule has 0 saturated carbocycles. The summed E-state index contributed by atoms with van der Waals surface area (Å²) in [5.41, 5.74) is 3.04. The lowest BCUT2D eigenvalue weighted by molar-refractivity contribution is 0.0585. The predicted molar refractivity (Wildman–Crippen MR) is 119 cm³/mol. The number of rotatable bonds is 6. The molecule has 5 nitrogen and oxygen atoms in total. The van der Waals surface area contributed by atoms with Gasteiger partial charge in [0.2, 0.25) is 5.75 Å². The molecule has 2 aromatic carbocycles. The molecule has 2 heterocycles. The summed E-state index contributed by atoms with van der Waals surface area (Å²) in [6.45, 7) is 1.32. The first-order valence-electron chi connectivity index (χ1n) is 9.99. The Morgan fingerprint density at radius 2 is 1.60 bits per heavy atom. The third-order valence-corrected chi connectivity index (χ3v) is 6.07. The van der Waals surface area contributed by atoms with Gasteiger partial charge in [0.05, 0.1) is 14.2 Å². The van der Waals surface area contributed by atoms with Gasteiger partial charge in [-0.15, -0.1) is 0 Å². The van der Waals surface area contributed by atoms with Crippen molar-refractivity contribution in [2.24, 2.45) is 0 Å². The Hall–Kier alpha value is -2.99. The van der Waals surface area contributed by atoms with Gasteiger partial charge in [0.15, 0.2) is 11.5 Å². The van der Waals surface area contributed by atoms with Gasteiger partial charge in [-0.25, -0.2) is 0 Å². The molecule has 1 aliphatic rings. The maximum atomic E-state index is 12.9. The second-order valence-electron chi connectivity index (χ2n) is 7.19. The number of ether oxygens (including phenoxy) is 3. The lowest BCUT2D eigenvalue weighted by atomic mass is 10.0. The summed E-state index contributed by atoms with van der Waals surface area (Å²) in [7, 11) is 3.24. The summed E-state index contributed by atoms with van der Waals surface area (Å²) in [5.74, 6) is 1.99. The number of benzene rings is 2. The van der Waals surface area contributed by atoms with Crippen LogP contribution in [0.15, 0.2) is 59.3 Å². The highest BCUT2D eigenvalue weighted by Gasteiger charge is 2.26. The first-order valence-corrected chi connectivity index (χ1v) is 10.9. The van der Waals surface area contributed by atoms with Gasteiger partial charge in [0.25, 0.3) is 5.91 Å². The summed E-state index contributed by atoms with van der Waals surface area (Å²) >= 11 is 1.67. The summed E-state index contributed by atoms with van der Waals surface area (Å²) < 4.78 is 17.0. The van der Waals surface area contributed by atoms with Crippen molar-refractivity contribution in [3.63, 3.8) is 0 Å². The Kier molecular flexibility index (Phi) is 6.23. The van der Waals surface area contributed by atoms with Gasteiger partial charge in [-0.2, -0.15) is 11.3 Å². The van der Waals surface area contributed by atoms with Crippen LogP contribution < -0.4 is 14.2 Å². The van der Waals surface area contributed by atoms with Gasteiger partial charge in [-0.3, -0.25) is 4.79 Å². The van der Waals surface area contributed by atoms with E-state index >= 15 is 0 Å². The SMILES string of the molecule is COc1cccc(OC)c1OC1CCN(C(=O)c2ccc(-c3ccsc3)cc2)CC1. The lowest BCUT2D eigenvalue weighted by Crippen LogP contribution is -2.41. The number of thiophene rings is 1. The highest BCUT2D eigenvalue weighted by Crippen LogP contribution is 2.38. The smallest absolute Gasteiger partial charge is 0.253 e. The van der Waals surface area contributed by atoms with Crippen LogP contribution >= 0.6 is 11.3 Å². The molecule has 4 rings (SSSR count). The summed E-state index contributed by atoms with van der Waals surface area (Å²) in [6.07, 6.45) is 1.54. The number of hydrogen-bond donors (Lipinski definition) is 0. The van der Waals surface area contributed by atoms with Gasteiger partial charge < -0.3 is 19.1 Å². The van der Waals surface area contributed by atoms with Gasteiger partial charge in [0.1, 0.15) is 6.10 Å². The predicted octanol–water partition coefficient (Wildman–Crippen LogP) is 5.12. The zero-order chi connectivity index (χ0) is 20.9. The van der Waals surface area contributed by atoms with E-state index in [0.29, 0.717) is 30.3 Å². The number of carbonyl (C=O) groups is 1. The van der Waals surface area contributed by atoms with Crippen molar-refractivity contribution in [3.05, 3.63) is 64.9 Å². The van der Waals surface area contributed by atoms with Crippen molar-refractivity contribution in [1.29, 1.82) is 0 Å². The quantitative estimate of drug-likeness (QED) is 0.552. The molecule has 1 saturated heterocycles. The van der Waals surface area contributed by atoms with Crippen LogP contribution in [0.25, 0.3) is 11.1 Å². The Balaban J connectivity index is 1.37. The topological polar surface area (TPSA) is 48.0 Å². The van der Waals surface area contributed by atoms with E-state index in [0.717, 1.165) is 24.0 Å². The molecule has 0 spiro atoms. The minimum atomic E-state index is 0.0141. The normalized spacial score (nSPS) is 14.4. The van der Waals surface area contributed by atoms with Crippen LogP contribution in [-0.2, 0) is 0 Å². The van der Waals surface area contributed by atoms with E-state index in [4.69, 9.17) is 14.2 Å². The zero-order valence-corrected chi connectivity index (χ0v) is 18.0. The third kappa shape index (κ3) is 4.28. The molecule has 0 unspecified atom stereocenters. The molecule has 1 fully saturated rings. The van der Waals surface area contributed by atoms with Crippen molar-refractivity contribution in [1.82, 2.24) is 4.90 Å². The Morgan fingerprint density at radius 1 is 0.933 bits per heavy atom. The Morgan fingerprint density at radius 3 is 2.17 bits per heavy atom. The Bertz CT molecular complexity index is 955. The monoisotopic (exact) mass is 423 g/mol. The van der Waals surface area contributed by atoms with Crippen LogP contribution in [0.5, 0.6) is 17.2 Å². The van der Waals surface area contributed by atoms with Crippen LogP contribution in [0.2, 0.25) is 0 Å². The molecule has 3 aromatic rings. The summed E-state index contributed by atoms with van der Waals surface area (Å²) in [4.78, 5) is 14.8. The van der Waals surface area contributed by atoms with E-state index in [2.05, 4.69) is 16.8 Å². The number of methoxy groups -OCH3 is 2. The zero-order valence-electron chi connectivity index (χ0n) is 17.2. The van der Waals surface area contributed by atoms with Crippen LogP contribution in [0.4, 0.5) is 0 Å². The first-order chi connectivity index (χ1) is 14.7. The summed E-state index contributed by atoms with van der Waals surface area (Å²) in [6, 6.07) is 15.5. The van der Waals surface area contributed by atoms with Crippen molar-refractivity contribution in [2.45, 2.75) is 18.9 Å². The number of piperidine rings is 1. The van der Waals surface area contributed by atoms with Crippen molar-refractivity contribution in [3.8, 4) is 28.4 Å². The largest absolute Gasteiger partial charge is 0.493 e. The summed E-state index contributed by atoms with van der Waals surface area (Å²) in [5, 5.41) is 4.17. The number of carbonyl (C=O) groups excluding carboxylic acids is 1. The number of nitrogens with zero attached hydrogens (tertiary/aromatic N) is 1. The third-order valence-electron chi connectivity index (χ3n) is 5.38. The second-order valence-corrected chi connectivity index (χ2v) is 7.97. The van der Waals surface area contributed by atoms with Crippen LogP contribution in [0.3, 0.4) is 0 Å². The van der Waals surface area contributed by atoms with E-state index in [1.165, 1.54) is 5.56 Å². The molecule has 1 aliphatic heterocycles. The fourth-order valence-corrected chi connectivity index (χ4v) is 4.36. The van der Waals surface area contributed by atoms with Gasteiger partial charge in [-0.05, 0) is 52.2 Å². The lowest BCUT2D eigenvalue weighted by Gasteiger charge is -2.32. The van der Waals surface area contributed by atoms with E-state index < -0.39 is 0 Å². The van der Waals surface area contributed by atoms with Crippen molar-refractivity contribution >= 4 is 17.2 Å². The molecule has 0 aliphatic carbocycles. The maximum Gasteiger partial charge on any atom is 0.253 e. The standard InChI is InChI=1S/C24H25NO4S/c1-27-21-4-3-5-22(28-2)23(21)29-20-10-13-25(14-11-20)24(26)18-8-6-17(7-9-18)19-12-15-30-16-19/h3-9,12,15-16,20H,10-11,13-14H2,1-2H3. The maximum absolute atomic E-state index is 12.9. The van der Waals surface area contributed by atoms with Gasteiger partial charge >= 0.3 is 0 Å². The van der Waals surface area contributed by atoms with Crippen molar-refractivity contribution in [2.75, 3.05) is 27.3 Å². The molecule has 30 heavy (non-hydrogen) atoms. The molecule has 0 N–H and O–H groups in total. The van der Waals surface area contributed by atoms with E-state index in [1.807, 2.05) is 47.4 Å². The minimum Gasteiger partial charge on any atom is -0.493 e. The molecule has 156 valence electrons. The average Bonchev–Trinajstić information content (AvgIpc) is 3.34. The van der Waals surface area contributed by atoms with E-state index in [9.17, 15) is 4.79 Å². The fourth-order valence-electron chi connectivity index (χ4n) is 3.69. The number of para-hydroxylation sites is 1. The molecule has 0 atom stereocenters. The number of amides is 1. The molecular weight excluding hydrogens is 398 g/mol. The van der Waals surface area contributed by atoms with Crippen LogP contribution in [0.1, 0.15) is 23.2 Å². The van der Waals surface area contributed by atoms with Gasteiger partial charge in [0, 0.05) is 31.5 Å². The highest BCUT2D eigenvalue weighted by molar-refractivity contribution is 7.08. The second kappa shape index (κ2) is 9.22. The molecule has 1 aromatic heterocycles. The molecule has 0 bridgehead atoms. The Labute approximate surface area is 180 Å². The molecule has 1 amide bonds. The van der Waals surface area contributed by atoms with Crippen LogP contribution in [0, 0.1) is 0 Å². The van der Waals surface area contributed by atoms with E-state index in [-0.39, 0.29) is 12.0 Å². The average molecular weight is 424 g/mol. The van der Waals surface area contributed by atoms with Crippen molar-refractivity contribution < 1.29 is 19.0 Å². The highest BCUT2D eigenvalue weighted by atomic mass is 32.1. The number of likely N-dealkylation sites (tertiary alicyclic amines) is 1. The fraction of sp³-hybridized carbons (Fsp3) is 0.292.